The summed E-state index contributed by atoms with van der Waals surface area (Å²) in [7, 11) is 0. The Bertz CT molecular complexity index is 550. The summed E-state index contributed by atoms with van der Waals surface area (Å²) in [5.41, 5.74) is 1.64. The zero-order chi connectivity index (χ0) is 13.9. The third-order valence-electron chi connectivity index (χ3n) is 4.07. The Kier molecular flexibility index (Phi) is 4.20. The molecule has 0 saturated carbocycles. The number of thiophene rings is 1. The van der Waals surface area contributed by atoms with Crippen molar-refractivity contribution in [1.29, 1.82) is 0 Å². The molecule has 0 N–H and O–H groups in total. The lowest BCUT2D eigenvalue weighted by Crippen LogP contribution is -2.34. The monoisotopic (exact) mass is 272 g/mol. The van der Waals surface area contributed by atoms with Crippen LogP contribution in [0, 0.1) is 6.92 Å². The van der Waals surface area contributed by atoms with Gasteiger partial charge in [-0.2, -0.15) is 0 Å². The second-order valence-corrected chi connectivity index (χ2v) is 6.00. The Morgan fingerprint density at radius 1 is 1.11 bits per heavy atom. The van der Waals surface area contributed by atoms with Gasteiger partial charge in [0.25, 0.3) is 0 Å². The van der Waals surface area contributed by atoms with Gasteiger partial charge in [0, 0.05) is 10.4 Å². The Hall–Kier alpha value is -1.41. The third kappa shape index (κ3) is 2.37. The van der Waals surface area contributed by atoms with E-state index < -0.39 is 0 Å². The first kappa shape index (κ1) is 14.0. The number of carbonyl (C=O) groups excluding carboxylic acids is 1. The van der Waals surface area contributed by atoms with Crippen LogP contribution in [0.5, 0.6) is 0 Å². The minimum atomic E-state index is -0.382. The van der Waals surface area contributed by atoms with E-state index >= 15 is 0 Å². The van der Waals surface area contributed by atoms with Crippen LogP contribution in [0.4, 0.5) is 0 Å². The summed E-state index contributed by atoms with van der Waals surface area (Å²) in [6, 6.07) is 12.1. The molecule has 19 heavy (non-hydrogen) atoms. The summed E-state index contributed by atoms with van der Waals surface area (Å²) in [5.74, 6) is 0.266. The Morgan fingerprint density at radius 3 is 2.21 bits per heavy atom. The molecule has 0 aliphatic rings. The quantitative estimate of drug-likeness (QED) is 0.700. The second-order valence-electron chi connectivity index (χ2n) is 4.87. The van der Waals surface area contributed by atoms with Crippen molar-refractivity contribution in [2.24, 2.45) is 0 Å². The first-order chi connectivity index (χ1) is 9.15. The number of ketones is 1. The highest BCUT2D eigenvalue weighted by atomic mass is 32.1. The summed E-state index contributed by atoms with van der Waals surface area (Å²) in [5, 5.41) is 2.00. The van der Waals surface area contributed by atoms with Gasteiger partial charge >= 0.3 is 0 Å². The second kappa shape index (κ2) is 5.70. The van der Waals surface area contributed by atoms with Crippen LogP contribution in [0.2, 0.25) is 0 Å². The van der Waals surface area contributed by atoms with Gasteiger partial charge in [-0.15, -0.1) is 11.3 Å². The predicted octanol–water partition coefficient (Wildman–Crippen LogP) is 5.00. The van der Waals surface area contributed by atoms with Crippen molar-refractivity contribution < 1.29 is 4.79 Å². The molecule has 0 atom stereocenters. The maximum absolute atomic E-state index is 13.0. The minimum absolute atomic E-state index is 0.266. The van der Waals surface area contributed by atoms with Gasteiger partial charge in [-0.1, -0.05) is 44.2 Å². The Labute approximate surface area is 119 Å². The van der Waals surface area contributed by atoms with Crippen LogP contribution in [0.15, 0.2) is 41.8 Å². The molecule has 1 aromatic carbocycles. The van der Waals surface area contributed by atoms with E-state index in [0.717, 1.165) is 28.8 Å². The summed E-state index contributed by atoms with van der Waals surface area (Å²) in [4.78, 5) is 14.1. The number of rotatable bonds is 5. The molecule has 1 aromatic heterocycles. The van der Waals surface area contributed by atoms with Gasteiger partial charge in [-0.3, -0.25) is 4.79 Å². The summed E-state index contributed by atoms with van der Waals surface area (Å²) in [6.07, 6.45) is 1.67. The normalized spacial score (nSPS) is 11.5. The van der Waals surface area contributed by atoms with E-state index in [4.69, 9.17) is 0 Å². The van der Waals surface area contributed by atoms with Crippen LogP contribution < -0.4 is 0 Å². The maximum Gasteiger partial charge on any atom is 0.174 e. The van der Waals surface area contributed by atoms with Crippen molar-refractivity contribution in [3.8, 4) is 0 Å². The molecule has 0 unspecified atom stereocenters. The summed E-state index contributed by atoms with van der Waals surface area (Å²) < 4.78 is 0. The van der Waals surface area contributed by atoms with Crippen molar-refractivity contribution in [3.63, 3.8) is 0 Å². The van der Waals surface area contributed by atoms with E-state index in [1.165, 1.54) is 0 Å². The van der Waals surface area contributed by atoms with Gasteiger partial charge in [0.15, 0.2) is 5.78 Å². The average Bonchev–Trinajstić information content (AvgIpc) is 2.88. The fourth-order valence-corrected chi connectivity index (χ4v) is 3.44. The molecule has 2 aromatic rings. The van der Waals surface area contributed by atoms with Gasteiger partial charge in [-0.05, 0) is 36.8 Å². The molecule has 2 rings (SSSR count). The molecule has 0 radical (unpaired) electrons. The van der Waals surface area contributed by atoms with Crippen molar-refractivity contribution >= 4 is 17.1 Å². The van der Waals surface area contributed by atoms with Crippen molar-refractivity contribution in [2.75, 3.05) is 0 Å². The van der Waals surface area contributed by atoms with E-state index in [1.807, 2.05) is 36.6 Å². The highest BCUT2D eigenvalue weighted by Crippen LogP contribution is 2.36. The van der Waals surface area contributed by atoms with E-state index in [1.54, 1.807) is 11.3 Å². The highest BCUT2D eigenvalue weighted by Gasteiger charge is 2.37. The number of carbonyl (C=O) groups is 1. The lowest BCUT2D eigenvalue weighted by atomic mass is 9.70. The first-order valence-corrected chi connectivity index (χ1v) is 7.68. The van der Waals surface area contributed by atoms with Crippen molar-refractivity contribution in [1.82, 2.24) is 0 Å². The van der Waals surface area contributed by atoms with Gasteiger partial charge in [0.2, 0.25) is 0 Å². The fraction of sp³-hybridized carbons (Fsp3) is 0.353. The fourth-order valence-electron chi connectivity index (χ4n) is 2.75. The van der Waals surface area contributed by atoms with Crippen molar-refractivity contribution in [2.45, 2.75) is 39.0 Å². The smallest absolute Gasteiger partial charge is 0.174 e. The number of Topliss-reactive ketones (excluding diaryl/α,β-unsaturated/α-hetero) is 1. The third-order valence-corrected chi connectivity index (χ3v) is 4.92. The van der Waals surface area contributed by atoms with Gasteiger partial charge in [-0.25, -0.2) is 0 Å². The van der Waals surface area contributed by atoms with Crippen LogP contribution >= 0.6 is 11.3 Å². The molecule has 1 nitrogen and oxygen atoms in total. The lowest BCUT2D eigenvalue weighted by Gasteiger charge is -2.30. The van der Waals surface area contributed by atoms with E-state index in [9.17, 15) is 4.79 Å². The SMILES string of the molecule is CCC(CC)(C(=O)c1ccsc1C)c1ccccc1. The Morgan fingerprint density at radius 2 is 1.74 bits per heavy atom. The van der Waals surface area contributed by atoms with Crippen LogP contribution in [-0.2, 0) is 5.41 Å². The molecule has 0 saturated heterocycles. The molecule has 0 bridgehead atoms. The zero-order valence-corrected chi connectivity index (χ0v) is 12.6. The molecule has 1 heterocycles. The number of hydrogen-bond donors (Lipinski definition) is 0. The molecular formula is C17H20OS. The highest BCUT2D eigenvalue weighted by molar-refractivity contribution is 7.10. The molecular weight excluding hydrogens is 252 g/mol. The molecule has 2 heteroatoms. The molecule has 0 aliphatic heterocycles. The van der Waals surface area contributed by atoms with E-state index in [2.05, 4.69) is 26.0 Å². The number of benzene rings is 1. The zero-order valence-electron chi connectivity index (χ0n) is 11.8. The summed E-state index contributed by atoms with van der Waals surface area (Å²) >= 11 is 1.64. The minimum Gasteiger partial charge on any atom is -0.293 e. The lowest BCUT2D eigenvalue weighted by molar-refractivity contribution is 0.0873. The predicted molar refractivity (Wildman–Crippen MR) is 82.1 cm³/mol. The molecule has 0 aliphatic carbocycles. The first-order valence-electron chi connectivity index (χ1n) is 6.80. The van der Waals surface area contributed by atoms with Gasteiger partial charge < -0.3 is 0 Å². The summed E-state index contributed by atoms with van der Waals surface area (Å²) in [6.45, 7) is 6.24. The van der Waals surface area contributed by atoms with Crippen LogP contribution in [-0.4, -0.2) is 5.78 Å². The van der Waals surface area contributed by atoms with E-state index in [0.29, 0.717) is 0 Å². The standard InChI is InChI=1S/C17H20OS/c1-4-17(5-2,14-9-7-6-8-10-14)16(18)15-11-12-19-13(15)3/h6-12H,4-5H2,1-3H3. The molecule has 0 spiro atoms. The molecule has 0 fully saturated rings. The molecule has 0 amide bonds. The average molecular weight is 272 g/mol. The topological polar surface area (TPSA) is 17.1 Å². The van der Waals surface area contributed by atoms with E-state index in [-0.39, 0.29) is 11.2 Å². The van der Waals surface area contributed by atoms with Gasteiger partial charge in [0.1, 0.15) is 0 Å². The number of aryl methyl sites for hydroxylation is 1. The largest absolute Gasteiger partial charge is 0.293 e. The molecule has 100 valence electrons. The number of hydrogen-bond acceptors (Lipinski definition) is 2. The van der Waals surface area contributed by atoms with Crippen molar-refractivity contribution in [3.05, 3.63) is 57.8 Å². The Balaban J connectivity index is 2.52. The van der Waals surface area contributed by atoms with Crippen LogP contribution in [0.1, 0.15) is 47.5 Å². The van der Waals surface area contributed by atoms with Crippen LogP contribution in [0.25, 0.3) is 0 Å². The maximum atomic E-state index is 13.0. The van der Waals surface area contributed by atoms with Crippen LogP contribution in [0.3, 0.4) is 0 Å². The van der Waals surface area contributed by atoms with Gasteiger partial charge in [0.05, 0.1) is 5.41 Å².